The van der Waals surface area contributed by atoms with Crippen LogP contribution in [-0.2, 0) is 6.54 Å². The molecule has 0 aliphatic rings. The summed E-state index contributed by atoms with van der Waals surface area (Å²) >= 11 is 0. The molecule has 0 saturated carbocycles. The van der Waals surface area contributed by atoms with Crippen molar-refractivity contribution in [3.63, 3.8) is 0 Å². The lowest BCUT2D eigenvalue weighted by molar-refractivity contribution is 0.720. The van der Waals surface area contributed by atoms with Crippen molar-refractivity contribution in [2.45, 2.75) is 13.5 Å². The van der Waals surface area contributed by atoms with Crippen LogP contribution in [0.15, 0.2) is 53.6 Å². The van der Waals surface area contributed by atoms with E-state index in [1.54, 1.807) is 24.5 Å². The number of nitrogens with zero attached hydrogens (tertiary/aromatic N) is 1. The highest BCUT2D eigenvalue weighted by atomic mass is 16.1. The van der Waals surface area contributed by atoms with Crippen LogP contribution in [0.4, 0.5) is 5.69 Å². The van der Waals surface area contributed by atoms with Crippen LogP contribution in [0.2, 0.25) is 0 Å². The predicted molar refractivity (Wildman–Crippen MR) is 70.4 cm³/mol. The van der Waals surface area contributed by atoms with Crippen molar-refractivity contribution in [1.82, 2.24) is 4.57 Å². The van der Waals surface area contributed by atoms with Gasteiger partial charge in [0.05, 0.1) is 0 Å². The Morgan fingerprint density at radius 1 is 1.18 bits per heavy atom. The molecule has 3 nitrogen and oxygen atoms in total. The van der Waals surface area contributed by atoms with Crippen molar-refractivity contribution in [3.05, 3.63) is 64.6 Å². The minimum atomic E-state index is 0.0490. The number of rotatable bonds is 4. The maximum atomic E-state index is 10.9. The number of nitrogens with one attached hydrogen (secondary N) is 1. The molecule has 0 aliphatic heterocycles. The minimum absolute atomic E-state index is 0.0490. The van der Waals surface area contributed by atoms with Crippen LogP contribution < -0.4 is 10.7 Å². The maximum absolute atomic E-state index is 10.9. The molecule has 0 aliphatic carbocycles. The van der Waals surface area contributed by atoms with Crippen LogP contribution in [0.5, 0.6) is 0 Å². The van der Waals surface area contributed by atoms with E-state index in [9.17, 15) is 4.79 Å². The molecule has 1 N–H and O–H groups in total. The molecule has 3 heteroatoms. The highest BCUT2D eigenvalue weighted by Gasteiger charge is 1.92. The van der Waals surface area contributed by atoms with Gasteiger partial charge in [0.15, 0.2) is 5.43 Å². The fraction of sp³-hybridized carbons (Fsp3) is 0.214. The molecule has 2 aromatic rings. The lowest BCUT2D eigenvalue weighted by atomic mass is 10.2. The summed E-state index contributed by atoms with van der Waals surface area (Å²) in [6, 6.07) is 11.4. The summed E-state index contributed by atoms with van der Waals surface area (Å²) in [4.78, 5) is 10.9. The van der Waals surface area contributed by atoms with Crippen molar-refractivity contribution in [2.24, 2.45) is 0 Å². The molecule has 2 rings (SSSR count). The van der Waals surface area contributed by atoms with E-state index in [2.05, 4.69) is 30.4 Å². The van der Waals surface area contributed by atoms with Crippen molar-refractivity contribution in [3.8, 4) is 0 Å². The van der Waals surface area contributed by atoms with Gasteiger partial charge in [-0.25, -0.2) is 0 Å². The molecule has 1 heterocycles. The van der Waals surface area contributed by atoms with E-state index < -0.39 is 0 Å². The van der Waals surface area contributed by atoms with Gasteiger partial charge in [-0.15, -0.1) is 0 Å². The first-order valence-electron chi connectivity index (χ1n) is 5.71. The van der Waals surface area contributed by atoms with Crippen molar-refractivity contribution in [2.75, 3.05) is 11.9 Å². The van der Waals surface area contributed by atoms with Gasteiger partial charge in [0.1, 0.15) is 0 Å². The molecule has 0 amide bonds. The Labute approximate surface area is 101 Å². The van der Waals surface area contributed by atoms with Crippen molar-refractivity contribution >= 4 is 5.69 Å². The summed E-state index contributed by atoms with van der Waals surface area (Å²) in [5.41, 5.74) is 2.43. The van der Waals surface area contributed by atoms with Crippen LogP contribution >= 0.6 is 0 Å². The monoisotopic (exact) mass is 228 g/mol. The van der Waals surface area contributed by atoms with Crippen LogP contribution in [0.1, 0.15) is 5.56 Å². The van der Waals surface area contributed by atoms with E-state index in [0.29, 0.717) is 0 Å². The quantitative estimate of drug-likeness (QED) is 0.871. The molecule has 0 saturated heterocycles. The largest absolute Gasteiger partial charge is 0.383 e. The zero-order valence-electron chi connectivity index (χ0n) is 9.89. The molecule has 0 unspecified atom stereocenters. The third-order valence-electron chi connectivity index (χ3n) is 2.58. The van der Waals surface area contributed by atoms with E-state index in [0.717, 1.165) is 18.8 Å². The summed E-state index contributed by atoms with van der Waals surface area (Å²) < 4.78 is 1.99. The molecule has 0 atom stereocenters. The van der Waals surface area contributed by atoms with E-state index in [-0.39, 0.29) is 5.43 Å². The van der Waals surface area contributed by atoms with Crippen LogP contribution in [0.25, 0.3) is 0 Å². The highest BCUT2D eigenvalue weighted by Crippen LogP contribution is 2.08. The van der Waals surface area contributed by atoms with Gasteiger partial charge in [-0.05, 0) is 24.6 Å². The van der Waals surface area contributed by atoms with Gasteiger partial charge in [-0.1, -0.05) is 12.1 Å². The lowest BCUT2D eigenvalue weighted by Gasteiger charge is -2.09. The Morgan fingerprint density at radius 2 is 1.94 bits per heavy atom. The van der Waals surface area contributed by atoms with Gasteiger partial charge >= 0.3 is 0 Å². The highest BCUT2D eigenvalue weighted by molar-refractivity contribution is 5.45. The Balaban J connectivity index is 1.87. The van der Waals surface area contributed by atoms with Gasteiger partial charge in [-0.2, -0.15) is 0 Å². The number of benzene rings is 1. The van der Waals surface area contributed by atoms with E-state index in [1.165, 1.54) is 5.56 Å². The average Bonchev–Trinajstić information content (AvgIpc) is 2.32. The summed E-state index contributed by atoms with van der Waals surface area (Å²) in [6.45, 7) is 3.76. The Hall–Kier alpha value is -2.03. The first kappa shape index (κ1) is 11.5. The number of pyridine rings is 1. The second kappa shape index (κ2) is 5.34. The second-order valence-corrected chi connectivity index (χ2v) is 4.07. The standard InChI is InChI=1S/C14H16N2O/c1-12-3-2-4-13(11-12)15-7-10-16-8-5-14(17)6-9-16/h2-6,8-9,11,15H,7,10H2,1H3. The first-order valence-corrected chi connectivity index (χ1v) is 5.71. The van der Waals surface area contributed by atoms with Gasteiger partial charge in [-0.3, -0.25) is 4.79 Å². The summed E-state index contributed by atoms with van der Waals surface area (Å²) in [5.74, 6) is 0. The molecular formula is C14H16N2O. The third kappa shape index (κ3) is 3.48. The van der Waals surface area contributed by atoms with E-state index >= 15 is 0 Å². The number of hydrogen-bond donors (Lipinski definition) is 1. The molecule has 0 spiro atoms. The van der Waals surface area contributed by atoms with E-state index in [4.69, 9.17) is 0 Å². The Kier molecular flexibility index (Phi) is 3.60. The lowest BCUT2D eigenvalue weighted by Crippen LogP contribution is -2.11. The third-order valence-corrected chi connectivity index (χ3v) is 2.58. The number of aromatic nitrogens is 1. The second-order valence-electron chi connectivity index (χ2n) is 4.07. The fourth-order valence-corrected chi connectivity index (χ4v) is 1.68. The van der Waals surface area contributed by atoms with Crippen LogP contribution in [0, 0.1) is 6.92 Å². The minimum Gasteiger partial charge on any atom is -0.383 e. The van der Waals surface area contributed by atoms with Gasteiger partial charge in [0.25, 0.3) is 0 Å². The number of anilines is 1. The molecule has 1 aromatic carbocycles. The smallest absolute Gasteiger partial charge is 0.181 e. The van der Waals surface area contributed by atoms with E-state index in [1.807, 2.05) is 10.6 Å². The summed E-state index contributed by atoms with van der Waals surface area (Å²) in [6.07, 6.45) is 3.61. The van der Waals surface area contributed by atoms with Gasteiger partial charge < -0.3 is 9.88 Å². The molecule has 0 radical (unpaired) electrons. The van der Waals surface area contributed by atoms with Gasteiger partial charge in [0.2, 0.25) is 0 Å². The topological polar surface area (TPSA) is 34.0 Å². The van der Waals surface area contributed by atoms with Crippen molar-refractivity contribution in [1.29, 1.82) is 0 Å². The zero-order chi connectivity index (χ0) is 12.1. The normalized spacial score (nSPS) is 10.2. The fourth-order valence-electron chi connectivity index (χ4n) is 1.68. The predicted octanol–water partition coefficient (Wildman–Crippen LogP) is 2.27. The molecule has 88 valence electrons. The average molecular weight is 228 g/mol. The SMILES string of the molecule is Cc1cccc(NCCn2ccc(=O)cc2)c1. The number of aryl methyl sites for hydroxylation is 1. The molecule has 17 heavy (non-hydrogen) atoms. The molecule has 0 bridgehead atoms. The summed E-state index contributed by atoms with van der Waals surface area (Å²) in [7, 11) is 0. The van der Waals surface area contributed by atoms with Gasteiger partial charge in [0, 0.05) is 43.3 Å². The molecule has 1 aromatic heterocycles. The van der Waals surface area contributed by atoms with Crippen LogP contribution in [0.3, 0.4) is 0 Å². The Morgan fingerprint density at radius 3 is 2.65 bits per heavy atom. The first-order chi connectivity index (χ1) is 8.24. The van der Waals surface area contributed by atoms with Crippen molar-refractivity contribution < 1.29 is 0 Å². The van der Waals surface area contributed by atoms with Crippen LogP contribution in [-0.4, -0.2) is 11.1 Å². The zero-order valence-corrected chi connectivity index (χ0v) is 9.89. The maximum Gasteiger partial charge on any atom is 0.181 e. The summed E-state index contributed by atoms with van der Waals surface area (Å²) in [5, 5.41) is 3.35. The molecular weight excluding hydrogens is 212 g/mol. The number of hydrogen-bond acceptors (Lipinski definition) is 2. The Bertz CT molecular complexity index is 525. The molecule has 0 fully saturated rings.